The van der Waals surface area contributed by atoms with Crippen LogP contribution in [0.3, 0.4) is 0 Å². The van der Waals surface area contributed by atoms with Crippen molar-refractivity contribution in [1.29, 1.82) is 0 Å². The van der Waals surface area contributed by atoms with Gasteiger partial charge < -0.3 is 19.7 Å². The number of fused-ring (bicyclic) bond motifs is 1. The molecule has 3 aromatic rings. The van der Waals surface area contributed by atoms with Crippen LogP contribution in [0, 0.1) is 5.82 Å². The number of nitrogens with zero attached hydrogens (tertiary/aromatic N) is 5. The zero-order chi connectivity index (χ0) is 27.4. The van der Waals surface area contributed by atoms with Crippen LogP contribution in [0.2, 0.25) is 5.02 Å². The molecule has 11 heteroatoms. The Balaban J connectivity index is 1.31. The first kappa shape index (κ1) is 27.1. The quantitative estimate of drug-likeness (QED) is 0.399. The molecule has 2 aliphatic rings. The third kappa shape index (κ3) is 6.25. The normalized spacial score (nSPS) is 20.3. The maximum atomic E-state index is 13.6. The largest absolute Gasteiger partial charge is 0.493 e. The fourth-order valence-electron chi connectivity index (χ4n) is 5.23. The Morgan fingerprint density at radius 3 is 2.56 bits per heavy atom. The van der Waals surface area contributed by atoms with Gasteiger partial charge in [0.15, 0.2) is 11.5 Å². The van der Waals surface area contributed by atoms with Crippen molar-refractivity contribution in [2.45, 2.75) is 37.8 Å². The SMILES string of the molecule is COc1cc2ncnc(Nc3ccc(F)c(Cl)c3)c2cc1OC1CCC(N(C=C=O)N2CCN(C)CC2)CC1. The Labute approximate surface area is 232 Å². The molecule has 0 spiro atoms. The Morgan fingerprint density at radius 2 is 1.87 bits per heavy atom. The first-order valence-corrected chi connectivity index (χ1v) is 13.5. The van der Waals surface area contributed by atoms with Crippen LogP contribution in [0.4, 0.5) is 15.9 Å². The molecule has 1 N–H and O–H groups in total. The number of anilines is 2. The van der Waals surface area contributed by atoms with Crippen molar-refractivity contribution < 1.29 is 18.7 Å². The van der Waals surface area contributed by atoms with Gasteiger partial charge in [0.2, 0.25) is 0 Å². The first-order valence-electron chi connectivity index (χ1n) is 13.1. The fraction of sp³-hybridized carbons (Fsp3) is 0.429. The lowest BCUT2D eigenvalue weighted by Gasteiger charge is -2.44. The number of nitrogens with one attached hydrogen (secondary N) is 1. The number of rotatable bonds is 8. The molecule has 39 heavy (non-hydrogen) atoms. The molecular formula is C28H32ClFN6O3. The van der Waals surface area contributed by atoms with Crippen molar-refractivity contribution >= 4 is 40.0 Å². The minimum absolute atomic E-state index is 0.000838. The van der Waals surface area contributed by atoms with E-state index in [-0.39, 0.29) is 17.2 Å². The molecule has 9 nitrogen and oxygen atoms in total. The van der Waals surface area contributed by atoms with Crippen molar-refractivity contribution in [2.24, 2.45) is 0 Å². The average molecular weight is 555 g/mol. The van der Waals surface area contributed by atoms with Gasteiger partial charge in [-0.2, -0.15) is 0 Å². The van der Waals surface area contributed by atoms with Crippen LogP contribution in [-0.4, -0.2) is 83.3 Å². The Morgan fingerprint density at radius 1 is 1.10 bits per heavy atom. The summed E-state index contributed by atoms with van der Waals surface area (Å²) >= 11 is 5.96. The molecule has 2 heterocycles. The van der Waals surface area contributed by atoms with Crippen molar-refractivity contribution in [3.63, 3.8) is 0 Å². The molecule has 5 rings (SSSR count). The summed E-state index contributed by atoms with van der Waals surface area (Å²) < 4.78 is 25.7. The van der Waals surface area contributed by atoms with E-state index < -0.39 is 5.82 Å². The van der Waals surface area contributed by atoms with E-state index in [9.17, 15) is 9.18 Å². The van der Waals surface area contributed by atoms with Crippen LogP contribution in [0.25, 0.3) is 10.9 Å². The monoisotopic (exact) mass is 554 g/mol. The number of carbonyl (C=O) groups excluding carboxylic acids is 1. The second kappa shape index (κ2) is 12.2. The fourth-order valence-corrected chi connectivity index (χ4v) is 5.41. The van der Waals surface area contributed by atoms with Crippen LogP contribution >= 0.6 is 11.6 Å². The zero-order valence-corrected chi connectivity index (χ0v) is 22.8. The summed E-state index contributed by atoms with van der Waals surface area (Å²) in [7, 11) is 3.72. The number of piperazine rings is 1. The highest BCUT2D eigenvalue weighted by atomic mass is 35.5. The third-order valence-electron chi connectivity index (χ3n) is 7.41. The number of hydrazine groups is 1. The number of ether oxygens (including phenoxy) is 2. The van der Waals surface area contributed by atoms with Gasteiger partial charge in [-0.3, -0.25) is 5.01 Å². The molecule has 0 bridgehead atoms. The van der Waals surface area contributed by atoms with E-state index in [0.29, 0.717) is 28.5 Å². The molecule has 2 aromatic carbocycles. The summed E-state index contributed by atoms with van der Waals surface area (Å²) in [5, 5.41) is 8.30. The highest BCUT2D eigenvalue weighted by molar-refractivity contribution is 6.31. The topological polar surface area (TPSA) is 83.1 Å². The standard InChI is InChI=1S/C28H32ClFN6O3/c1-34-9-11-35(12-10-34)36(13-14-37)20-4-6-21(7-5-20)39-27-16-22-25(17-26(27)38-2)31-18-32-28(22)33-19-3-8-24(30)23(29)15-19/h3,8,13,15-18,20-21H,4-7,9-12H2,1-2H3,(H,31,32,33). The summed E-state index contributed by atoms with van der Waals surface area (Å²) in [6.45, 7) is 3.72. The van der Waals surface area contributed by atoms with Gasteiger partial charge in [0.05, 0.1) is 23.8 Å². The van der Waals surface area contributed by atoms with Crippen molar-refractivity contribution in [3.8, 4) is 11.5 Å². The number of aromatic nitrogens is 2. The summed E-state index contributed by atoms with van der Waals surface area (Å²) in [6, 6.07) is 8.34. The number of hydrogen-bond donors (Lipinski definition) is 1. The average Bonchev–Trinajstić information content (AvgIpc) is 2.95. The summed E-state index contributed by atoms with van der Waals surface area (Å²) in [5.74, 6) is 3.23. The van der Waals surface area contributed by atoms with Crippen molar-refractivity contribution in [2.75, 3.05) is 45.7 Å². The Bertz CT molecular complexity index is 1350. The summed E-state index contributed by atoms with van der Waals surface area (Å²) in [6.07, 6.45) is 6.47. The van der Waals surface area contributed by atoms with Crippen molar-refractivity contribution in [3.05, 3.63) is 53.7 Å². The van der Waals surface area contributed by atoms with Crippen LogP contribution < -0.4 is 14.8 Å². The van der Waals surface area contributed by atoms with Gasteiger partial charge in [0.1, 0.15) is 30.1 Å². The van der Waals surface area contributed by atoms with Crippen LogP contribution in [0.5, 0.6) is 11.5 Å². The van der Waals surface area contributed by atoms with Crippen LogP contribution in [-0.2, 0) is 4.79 Å². The minimum Gasteiger partial charge on any atom is -0.493 e. The maximum Gasteiger partial charge on any atom is 0.162 e. The maximum absolute atomic E-state index is 13.6. The number of benzene rings is 2. The molecule has 2 fully saturated rings. The lowest BCUT2D eigenvalue weighted by molar-refractivity contribution is -0.0599. The smallest absolute Gasteiger partial charge is 0.162 e. The minimum atomic E-state index is -0.487. The second-order valence-electron chi connectivity index (χ2n) is 9.93. The van der Waals surface area contributed by atoms with Gasteiger partial charge in [0.25, 0.3) is 0 Å². The predicted octanol–water partition coefficient (Wildman–Crippen LogP) is 4.67. The molecule has 0 radical (unpaired) electrons. The van der Waals surface area contributed by atoms with Gasteiger partial charge in [-0.15, -0.1) is 0 Å². The molecule has 206 valence electrons. The van der Waals surface area contributed by atoms with Gasteiger partial charge in [0, 0.05) is 49.4 Å². The zero-order valence-electron chi connectivity index (χ0n) is 22.1. The second-order valence-corrected chi connectivity index (χ2v) is 10.3. The number of hydrogen-bond acceptors (Lipinski definition) is 9. The van der Waals surface area contributed by atoms with Gasteiger partial charge in [-0.25, -0.2) is 24.2 Å². The molecule has 1 saturated heterocycles. The lowest BCUT2D eigenvalue weighted by atomic mass is 9.92. The van der Waals surface area contributed by atoms with Crippen LogP contribution in [0.1, 0.15) is 25.7 Å². The Hall–Kier alpha value is -3.43. The first-order chi connectivity index (χ1) is 18.9. The van der Waals surface area contributed by atoms with Gasteiger partial charge in [-0.05, 0) is 57.0 Å². The number of halogens is 2. The third-order valence-corrected chi connectivity index (χ3v) is 7.70. The number of methoxy groups -OCH3 is 1. The van der Waals surface area contributed by atoms with Crippen molar-refractivity contribution in [1.82, 2.24) is 24.9 Å². The van der Waals surface area contributed by atoms with Gasteiger partial charge >= 0.3 is 0 Å². The van der Waals surface area contributed by atoms with E-state index in [1.807, 2.05) is 18.1 Å². The molecule has 1 aliphatic heterocycles. The molecular weight excluding hydrogens is 523 g/mol. The highest BCUT2D eigenvalue weighted by Gasteiger charge is 2.30. The Kier molecular flexibility index (Phi) is 8.47. The van der Waals surface area contributed by atoms with Crippen LogP contribution in [0.15, 0.2) is 42.9 Å². The summed E-state index contributed by atoms with van der Waals surface area (Å²) in [4.78, 5) is 22.4. The molecule has 1 saturated carbocycles. The molecule has 0 atom stereocenters. The predicted molar refractivity (Wildman–Crippen MR) is 149 cm³/mol. The highest BCUT2D eigenvalue weighted by Crippen LogP contribution is 2.37. The molecule has 1 aromatic heterocycles. The van der Waals surface area contributed by atoms with E-state index in [0.717, 1.165) is 57.2 Å². The molecule has 1 aliphatic carbocycles. The van der Waals surface area contributed by atoms with Gasteiger partial charge in [-0.1, -0.05) is 11.6 Å². The van der Waals surface area contributed by atoms with E-state index in [1.54, 1.807) is 19.4 Å². The molecule has 0 amide bonds. The van der Waals surface area contributed by atoms with E-state index in [1.165, 1.54) is 18.5 Å². The van der Waals surface area contributed by atoms with E-state index >= 15 is 0 Å². The summed E-state index contributed by atoms with van der Waals surface area (Å²) in [5.41, 5.74) is 1.28. The van der Waals surface area contributed by atoms with E-state index in [2.05, 4.69) is 37.3 Å². The molecule has 0 unspecified atom stereocenters. The lowest BCUT2D eigenvalue weighted by Crippen LogP contribution is -2.54. The van der Waals surface area contributed by atoms with E-state index in [4.69, 9.17) is 21.1 Å². The number of likely N-dealkylation sites (N-methyl/N-ethyl adjacent to an activating group) is 1.